The minimum absolute atomic E-state index is 0.158. The zero-order valence-electron chi connectivity index (χ0n) is 13.1. The molecule has 5 heteroatoms. The summed E-state index contributed by atoms with van der Waals surface area (Å²) < 4.78 is 17.0. The third-order valence-corrected chi connectivity index (χ3v) is 4.72. The van der Waals surface area contributed by atoms with Gasteiger partial charge in [0, 0.05) is 44.3 Å². The van der Waals surface area contributed by atoms with Gasteiger partial charge in [-0.25, -0.2) is 0 Å². The van der Waals surface area contributed by atoms with Crippen LogP contribution in [0.3, 0.4) is 0 Å². The zero-order chi connectivity index (χ0) is 14.7. The molecule has 1 aromatic heterocycles. The van der Waals surface area contributed by atoms with E-state index in [9.17, 15) is 0 Å². The summed E-state index contributed by atoms with van der Waals surface area (Å²) in [6, 6.07) is 2.03. The summed E-state index contributed by atoms with van der Waals surface area (Å²) in [6.07, 6.45) is 3.78. The average Bonchev–Trinajstić information content (AvgIpc) is 2.90. The third kappa shape index (κ3) is 3.30. The molecular formula is C16H26N2O3. The Balaban J connectivity index is 1.68. The number of aromatic nitrogens is 1. The Bertz CT molecular complexity index is 462. The lowest BCUT2D eigenvalue weighted by molar-refractivity contribution is -0.153. The van der Waals surface area contributed by atoms with Crippen LogP contribution >= 0.6 is 0 Å². The maximum Gasteiger partial charge on any atom is 0.133 e. The first-order chi connectivity index (χ1) is 10.2. The number of fused-ring (bicyclic) bond motifs is 1. The normalized spacial score (nSPS) is 30.3. The second-order valence-electron chi connectivity index (χ2n) is 6.39. The molecule has 0 bridgehead atoms. The smallest absolute Gasteiger partial charge is 0.133 e. The van der Waals surface area contributed by atoms with Gasteiger partial charge in [0.15, 0.2) is 0 Å². The van der Waals surface area contributed by atoms with Crippen LogP contribution in [0.15, 0.2) is 10.6 Å². The average molecular weight is 294 g/mol. The predicted octanol–water partition coefficient (Wildman–Crippen LogP) is 2.39. The van der Waals surface area contributed by atoms with E-state index in [2.05, 4.69) is 17.0 Å². The van der Waals surface area contributed by atoms with Gasteiger partial charge in [0.2, 0.25) is 0 Å². The van der Waals surface area contributed by atoms with Gasteiger partial charge in [-0.1, -0.05) is 5.16 Å². The second-order valence-corrected chi connectivity index (χ2v) is 6.39. The monoisotopic (exact) mass is 294 g/mol. The lowest BCUT2D eigenvalue weighted by atomic mass is 9.73. The van der Waals surface area contributed by atoms with Gasteiger partial charge in [-0.3, -0.25) is 4.90 Å². The van der Waals surface area contributed by atoms with Crippen LogP contribution in [-0.2, 0) is 16.0 Å². The first kappa shape index (κ1) is 15.0. The quantitative estimate of drug-likeness (QED) is 0.834. The fourth-order valence-corrected chi connectivity index (χ4v) is 3.75. The molecule has 0 unspecified atom stereocenters. The minimum atomic E-state index is 0.158. The van der Waals surface area contributed by atoms with Gasteiger partial charge in [-0.2, -0.15) is 0 Å². The molecule has 0 amide bonds. The Morgan fingerprint density at radius 1 is 1.52 bits per heavy atom. The number of nitrogens with zero attached hydrogens (tertiary/aromatic N) is 2. The van der Waals surface area contributed by atoms with Gasteiger partial charge in [0.05, 0.1) is 18.4 Å². The van der Waals surface area contributed by atoms with Gasteiger partial charge in [0.25, 0.3) is 0 Å². The summed E-state index contributed by atoms with van der Waals surface area (Å²) >= 11 is 0. The highest BCUT2D eigenvalue weighted by atomic mass is 16.5. The van der Waals surface area contributed by atoms with Gasteiger partial charge in [-0.05, 0) is 33.1 Å². The van der Waals surface area contributed by atoms with Gasteiger partial charge in [-0.15, -0.1) is 0 Å². The molecule has 2 fully saturated rings. The van der Waals surface area contributed by atoms with Crippen LogP contribution in [-0.4, -0.2) is 49.1 Å². The van der Waals surface area contributed by atoms with Crippen LogP contribution in [0.4, 0.5) is 0 Å². The van der Waals surface area contributed by atoms with Crippen molar-refractivity contribution >= 4 is 0 Å². The van der Waals surface area contributed by atoms with Gasteiger partial charge >= 0.3 is 0 Å². The molecule has 0 radical (unpaired) electrons. The summed E-state index contributed by atoms with van der Waals surface area (Å²) in [7, 11) is 0. The fourth-order valence-electron chi connectivity index (χ4n) is 3.75. The lowest BCUT2D eigenvalue weighted by Gasteiger charge is -2.50. The van der Waals surface area contributed by atoms with Crippen LogP contribution in [0.25, 0.3) is 0 Å². The van der Waals surface area contributed by atoms with E-state index in [0.29, 0.717) is 6.10 Å². The molecule has 2 atom stereocenters. The van der Waals surface area contributed by atoms with Crippen LogP contribution in [0.2, 0.25) is 0 Å². The first-order valence-electron chi connectivity index (χ1n) is 8.06. The van der Waals surface area contributed by atoms with Crippen LogP contribution in [0.5, 0.6) is 0 Å². The molecule has 2 aliphatic heterocycles. The number of likely N-dealkylation sites (tertiary alicyclic amines) is 1. The molecule has 118 valence electrons. The Morgan fingerprint density at radius 3 is 3.19 bits per heavy atom. The number of ether oxygens (including phenoxy) is 2. The van der Waals surface area contributed by atoms with E-state index >= 15 is 0 Å². The Labute approximate surface area is 126 Å². The van der Waals surface area contributed by atoms with Crippen LogP contribution in [0.1, 0.15) is 37.6 Å². The summed E-state index contributed by atoms with van der Waals surface area (Å²) in [4.78, 5) is 2.47. The van der Waals surface area contributed by atoms with Crippen molar-refractivity contribution in [3.05, 3.63) is 17.5 Å². The molecule has 0 aliphatic carbocycles. The number of hydrogen-bond acceptors (Lipinski definition) is 5. The molecule has 2 saturated heterocycles. The minimum Gasteiger partial charge on any atom is -0.381 e. The Morgan fingerprint density at radius 2 is 2.43 bits per heavy atom. The molecule has 1 aromatic rings. The summed E-state index contributed by atoms with van der Waals surface area (Å²) in [6.45, 7) is 9.44. The van der Waals surface area contributed by atoms with Crippen molar-refractivity contribution in [3.63, 3.8) is 0 Å². The molecule has 0 aromatic carbocycles. The topological polar surface area (TPSA) is 47.7 Å². The zero-order valence-corrected chi connectivity index (χ0v) is 13.1. The van der Waals surface area contributed by atoms with Crippen LogP contribution < -0.4 is 0 Å². The molecule has 0 spiro atoms. The SMILES string of the molecule is CCOC[C@]12CCCO[C@H]1CCN(Cc1cc(C)on1)C2. The van der Waals surface area contributed by atoms with Crippen molar-refractivity contribution in [2.45, 2.75) is 45.8 Å². The van der Waals surface area contributed by atoms with Crippen molar-refractivity contribution in [1.82, 2.24) is 10.1 Å². The lowest BCUT2D eigenvalue weighted by Crippen LogP contribution is -2.56. The summed E-state index contributed by atoms with van der Waals surface area (Å²) in [5.74, 6) is 0.880. The van der Waals surface area contributed by atoms with Crippen molar-refractivity contribution < 1.29 is 14.0 Å². The molecular weight excluding hydrogens is 268 g/mol. The highest BCUT2D eigenvalue weighted by Gasteiger charge is 2.46. The van der Waals surface area contributed by atoms with Crippen molar-refractivity contribution in [2.75, 3.05) is 32.9 Å². The number of hydrogen-bond donors (Lipinski definition) is 0. The van der Waals surface area contributed by atoms with Crippen molar-refractivity contribution in [2.24, 2.45) is 5.41 Å². The van der Waals surface area contributed by atoms with E-state index in [1.54, 1.807) is 0 Å². The molecule has 3 heterocycles. The van der Waals surface area contributed by atoms with Gasteiger partial charge < -0.3 is 14.0 Å². The highest BCUT2D eigenvalue weighted by Crippen LogP contribution is 2.40. The highest BCUT2D eigenvalue weighted by molar-refractivity contribution is 5.05. The number of aryl methyl sites for hydroxylation is 1. The Kier molecular flexibility index (Phi) is 4.62. The van der Waals surface area contributed by atoms with E-state index in [-0.39, 0.29) is 5.41 Å². The molecule has 3 rings (SSSR count). The van der Waals surface area contributed by atoms with Crippen molar-refractivity contribution in [1.29, 1.82) is 0 Å². The maximum absolute atomic E-state index is 6.04. The van der Waals surface area contributed by atoms with E-state index in [4.69, 9.17) is 14.0 Å². The maximum atomic E-state index is 6.04. The standard InChI is InChI=1S/C16H26N2O3/c1-3-19-12-16-6-4-8-20-15(16)5-7-18(11-16)10-14-9-13(2)21-17-14/h9,15H,3-8,10-12H2,1-2H3/t15-,16+/m0/s1. The molecule has 2 aliphatic rings. The fraction of sp³-hybridized carbons (Fsp3) is 0.812. The largest absolute Gasteiger partial charge is 0.381 e. The van der Waals surface area contributed by atoms with E-state index in [0.717, 1.165) is 63.8 Å². The summed E-state index contributed by atoms with van der Waals surface area (Å²) in [5, 5.41) is 4.12. The van der Waals surface area contributed by atoms with Gasteiger partial charge in [0.1, 0.15) is 5.76 Å². The predicted molar refractivity (Wildman–Crippen MR) is 79.0 cm³/mol. The second kappa shape index (κ2) is 6.46. The summed E-state index contributed by atoms with van der Waals surface area (Å²) in [5.41, 5.74) is 1.18. The molecule has 21 heavy (non-hydrogen) atoms. The third-order valence-electron chi connectivity index (χ3n) is 4.72. The molecule has 5 nitrogen and oxygen atoms in total. The molecule has 0 saturated carbocycles. The number of rotatable bonds is 5. The van der Waals surface area contributed by atoms with Crippen molar-refractivity contribution in [3.8, 4) is 0 Å². The van der Waals surface area contributed by atoms with Crippen LogP contribution in [0, 0.1) is 12.3 Å². The van der Waals surface area contributed by atoms with E-state index in [1.165, 1.54) is 6.42 Å². The number of piperidine rings is 1. The van der Waals surface area contributed by atoms with E-state index < -0.39 is 0 Å². The van der Waals surface area contributed by atoms with E-state index in [1.807, 2.05) is 13.0 Å². The molecule has 0 N–H and O–H groups in total. The first-order valence-corrected chi connectivity index (χ1v) is 8.06. The Hall–Kier alpha value is -0.910.